The number of pyridine rings is 1. The van der Waals surface area contributed by atoms with E-state index in [1.165, 1.54) is 0 Å². The van der Waals surface area contributed by atoms with E-state index in [0.29, 0.717) is 23.0 Å². The highest BCUT2D eigenvalue weighted by Crippen LogP contribution is 2.22. The number of halogens is 1. The topological polar surface area (TPSA) is 57.9 Å². The number of methoxy groups -OCH3 is 1. The monoisotopic (exact) mass is 287 g/mol. The molecule has 1 aromatic heterocycles. The second-order valence-electron chi connectivity index (χ2n) is 4.35. The molecule has 0 unspecified atom stereocenters. The Morgan fingerprint density at radius 2 is 2.20 bits per heavy atom. The number of hydrogen-bond donors (Lipinski definition) is 1. The van der Waals surface area contributed by atoms with Crippen LogP contribution in [0.15, 0.2) is 30.5 Å². The van der Waals surface area contributed by atoms with Gasteiger partial charge in [-0.3, -0.25) is 0 Å². The van der Waals surface area contributed by atoms with Gasteiger partial charge < -0.3 is 10.1 Å². The molecule has 0 aliphatic carbocycles. The second-order valence-corrected chi connectivity index (χ2v) is 4.71. The van der Waals surface area contributed by atoms with E-state index in [0.717, 1.165) is 16.8 Å². The highest BCUT2D eigenvalue weighted by Gasteiger charge is 2.05. The third-order valence-electron chi connectivity index (χ3n) is 2.84. The maximum Gasteiger partial charge on any atom is 0.152 e. The van der Waals surface area contributed by atoms with Crippen molar-refractivity contribution in [2.24, 2.45) is 0 Å². The lowest BCUT2D eigenvalue weighted by atomic mass is 10.1. The van der Waals surface area contributed by atoms with Crippen molar-refractivity contribution >= 4 is 17.3 Å². The molecule has 2 rings (SSSR count). The fourth-order valence-corrected chi connectivity index (χ4v) is 2.00. The van der Waals surface area contributed by atoms with E-state index in [2.05, 4.69) is 16.4 Å². The summed E-state index contributed by atoms with van der Waals surface area (Å²) in [6, 6.07) is 9.53. The highest BCUT2D eigenvalue weighted by molar-refractivity contribution is 6.31. The predicted molar refractivity (Wildman–Crippen MR) is 79.0 cm³/mol. The third-order valence-corrected chi connectivity index (χ3v) is 3.14. The number of nitrogens with one attached hydrogen (secondary N) is 1. The Morgan fingerprint density at radius 3 is 2.90 bits per heavy atom. The van der Waals surface area contributed by atoms with Gasteiger partial charge in [-0.25, -0.2) is 4.98 Å². The lowest BCUT2D eigenvalue weighted by molar-refractivity contribution is 0.413. The van der Waals surface area contributed by atoms with Crippen molar-refractivity contribution in [3.63, 3.8) is 0 Å². The maximum atomic E-state index is 9.06. The molecule has 0 spiro atoms. The molecule has 0 amide bonds. The Bertz CT molecular complexity index is 665. The Hall–Kier alpha value is -2.25. The van der Waals surface area contributed by atoms with Crippen LogP contribution < -0.4 is 10.1 Å². The Kier molecular flexibility index (Phi) is 4.44. The summed E-state index contributed by atoms with van der Waals surface area (Å²) >= 11 is 6.02. The molecule has 0 atom stereocenters. The van der Waals surface area contributed by atoms with E-state index >= 15 is 0 Å². The molecule has 4 nitrogen and oxygen atoms in total. The van der Waals surface area contributed by atoms with E-state index < -0.39 is 0 Å². The van der Waals surface area contributed by atoms with Crippen molar-refractivity contribution in [1.82, 2.24) is 4.98 Å². The fraction of sp³-hybridized carbons (Fsp3) is 0.200. The van der Waals surface area contributed by atoms with Crippen molar-refractivity contribution in [2.45, 2.75) is 13.5 Å². The van der Waals surface area contributed by atoms with Gasteiger partial charge >= 0.3 is 0 Å². The largest absolute Gasteiger partial charge is 0.495 e. The van der Waals surface area contributed by atoms with Gasteiger partial charge in [0.1, 0.15) is 11.8 Å². The van der Waals surface area contributed by atoms with E-state index in [1.54, 1.807) is 25.4 Å². The summed E-state index contributed by atoms with van der Waals surface area (Å²) in [7, 11) is 1.55. The van der Waals surface area contributed by atoms with Crippen LogP contribution in [0.4, 0.5) is 5.69 Å². The molecule has 20 heavy (non-hydrogen) atoms. The molecular formula is C15H14ClN3O. The Balaban J connectivity index is 2.15. The van der Waals surface area contributed by atoms with Gasteiger partial charge in [0.2, 0.25) is 0 Å². The molecule has 1 aromatic carbocycles. The van der Waals surface area contributed by atoms with Crippen LogP contribution in [-0.2, 0) is 6.54 Å². The number of nitriles is 1. The molecule has 5 heteroatoms. The van der Waals surface area contributed by atoms with Crippen LogP contribution in [0.1, 0.15) is 16.7 Å². The molecular weight excluding hydrogens is 274 g/mol. The number of nitrogens with zero attached hydrogens (tertiary/aromatic N) is 2. The Morgan fingerprint density at radius 1 is 1.40 bits per heavy atom. The average Bonchev–Trinajstić information content (AvgIpc) is 2.47. The number of aromatic nitrogens is 1. The minimum absolute atomic E-state index is 0.435. The van der Waals surface area contributed by atoms with E-state index in [1.807, 2.05) is 19.1 Å². The van der Waals surface area contributed by atoms with Crippen molar-refractivity contribution < 1.29 is 4.74 Å². The van der Waals surface area contributed by atoms with Crippen LogP contribution in [0.25, 0.3) is 0 Å². The van der Waals surface area contributed by atoms with Gasteiger partial charge in [-0.2, -0.15) is 5.26 Å². The van der Waals surface area contributed by atoms with E-state index in [-0.39, 0.29) is 0 Å². The number of aryl methyl sites for hydroxylation is 1. The molecule has 0 aliphatic rings. The van der Waals surface area contributed by atoms with Gasteiger partial charge in [-0.15, -0.1) is 0 Å². The van der Waals surface area contributed by atoms with Crippen molar-refractivity contribution in [2.75, 3.05) is 12.4 Å². The zero-order valence-electron chi connectivity index (χ0n) is 11.3. The average molecular weight is 288 g/mol. The second kappa shape index (κ2) is 6.27. The van der Waals surface area contributed by atoms with Crippen LogP contribution in [0.3, 0.4) is 0 Å². The first-order valence-corrected chi connectivity index (χ1v) is 6.45. The molecule has 2 aromatic rings. The summed E-state index contributed by atoms with van der Waals surface area (Å²) in [6.45, 7) is 2.51. The molecule has 0 saturated heterocycles. The van der Waals surface area contributed by atoms with Gasteiger partial charge in [0.25, 0.3) is 0 Å². The smallest absolute Gasteiger partial charge is 0.152 e. The molecule has 0 radical (unpaired) electrons. The normalized spacial score (nSPS) is 9.90. The zero-order chi connectivity index (χ0) is 14.5. The summed E-state index contributed by atoms with van der Waals surface area (Å²) in [5, 5.41) is 12.7. The lowest BCUT2D eigenvalue weighted by Gasteiger charge is -2.10. The minimum atomic E-state index is 0.435. The van der Waals surface area contributed by atoms with Gasteiger partial charge in [0.05, 0.1) is 18.4 Å². The van der Waals surface area contributed by atoms with Crippen LogP contribution in [0, 0.1) is 18.3 Å². The molecule has 1 N–H and O–H groups in total. The fourth-order valence-electron chi connectivity index (χ4n) is 1.83. The number of ether oxygens (including phenoxy) is 1. The number of benzene rings is 1. The summed E-state index contributed by atoms with van der Waals surface area (Å²) in [5.74, 6) is 0.575. The molecule has 1 heterocycles. The van der Waals surface area contributed by atoms with Crippen LogP contribution in [-0.4, -0.2) is 12.1 Å². The van der Waals surface area contributed by atoms with Crippen LogP contribution in [0.5, 0.6) is 5.75 Å². The summed E-state index contributed by atoms with van der Waals surface area (Å²) in [5.41, 5.74) is 3.30. The van der Waals surface area contributed by atoms with Crippen molar-refractivity contribution in [3.8, 4) is 11.8 Å². The predicted octanol–water partition coefficient (Wildman–Crippen LogP) is 3.54. The summed E-state index contributed by atoms with van der Waals surface area (Å²) in [4.78, 5) is 4.08. The number of anilines is 1. The zero-order valence-corrected chi connectivity index (χ0v) is 12.0. The first-order chi connectivity index (χ1) is 9.63. The maximum absolute atomic E-state index is 9.06. The van der Waals surface area contributed by atoms with Gasteiger partial charge in [-0.1, -0.05) is 17.7 Å². The van der Waals surface area contributed by atoms with Crippen molar-refractivity contribution in [1.29, 1.82) is 5.26 Å². The van der Waals surface area contributed by atoms with Gasteiger partial charge in [0.15, 0.2) is 5.15 Å². The van der Waals surface area contributed by atoms with E-state index in [4.69, 9.17) is 21.6 Å². The minimum Gasteiger partial charge on any atom is -0.495 e. The summed E-state index contributed by atoms with van der Waals surface area (Å²) < 4.78 is 5.11. The first kappa shape index (κ1) is 14.2. The van der Waals surface area contributed by atoms with Gasteiger partial charge in [-0.05, 0) is 36.2 Å². The standard InChI is InChI=1S/C15H14ClN3O/c1-10-5-13(15(16)19-8-10)18-9-11-3-4-14(20-2)12(6-11)7-17/h3-6,8,18H,9H2,1-2H3. The highest BCUT2D eigenvalue weighted by atomic mass is 35.5. The number of rotatable bonds is 4. The molecule has 102 valence electrons. The SMILES string of the molecule is COc1ccc(CNc2cc(C)cnc2Cl)cc1C#N. The van der Waals surface area contributed by atoms with Crippen LogP contribution >= 0.6 is 11.6 Å². The quantitative estimate of drug-likeness (QED) is 0.874. The first-order valence-electron chi connectivity index (χ1n) is 6.07. The number of hydrogen-bond acceptors (Lipinski definition) is 4. The lowest BCUT2D eigenvalue weighted by Crippen LogP contribution is -2.02. The van der Waals surface area contributed by atoms with Gasteiger partial charge in [0, 0.05) is 12.7 Å². The molecule has 0 fully saturated rings. The van der Waals surface area contributed by atoms with Crippen molar-refractivity contribution in [3.05, 3.63) is 52.3 Å². The summed E-state index contributed by atoms with van der Waals surface area (Å²) in [6.07, 6.45) is 1.72. The molecule has 0 aliphatic heterocycles. The molecule has 0 bridgehead atoms. The Labute approximate surface area is 123 Å². The van der Waals surface area contributed by atoms with Crippen LogP contribution in [0.2, 0.25) is 5.15 Å². The third kappa shape index (κ3) is 3.19. The van der Waals surface area contributed by atoms with E-state index in [9.17, 15) is 0 Å². The molecule has 0 saturated carbocycles.